The molecule has 1 heterocycles. The first kappa shape index (κ1) is 21.5. The van der Waals surface area contributed by atoms with Crippen LogP contribution in [-0.2, 0) is 16.0 Å². The van der Waals surface area contributed by atoms with E-state index in [9.17, 15) is 30.0 Å². The van der Waals surface area contributed by atoms with Gasteiger partial charge in [0.2, 0.25) is 0 Å². The number of rotatable bonds is 0. The summed E-state index contributed by atoms with van der Waals surface area (Å²) in [5.74, 6) is -1.74. The number of aliphatic hydroxyl groups is 2. The van der Waals surface area contributed by atoms with Gasteiger partial charge in [0.15, 0.2) is 5.78 Å². The molecular formula is C19H26O7S. The predicted molar refractivity (Wildman–Crippen MR) is 101 cm³/mol. The summed E-state index contributed by atoms with van der Waals surface area (Å²) in [5.41, 5.74) is 0.440. The fourth-order valence-electron chi connectivity index (χ4n) is 3.25. The predicted octanol–water partition coefficient (Wildman–Crippen LogP) is 1.74. The highest BCUT2D eigenvalue weighted by molar-refractivity contribution is 7.81. The highest BCUT2D eigenvalue weighted by Gasteiger charge is 2.28. The van der Waals surface area contributed by atoms with E-state index in [-0.39, 0.29) is 36.3 Å². The summed E-state index contributed by atoms with van der Waals surface area (Å²) >= 11 is 4.31. The Hall–Kier alpha value is -1.77. The van der Waals surface area contributed by atoms with Crippen LogP contribution in [0.25, 0.3) is 0 Å². The van der Waals surface area contributed by atoms with E-state index in [1.165, 1.54) is 6.07 Å². The fraction of sp³-hybridized carbons (Fsp3) is 0.579. The van der Waals surface area contributed by atoms with Crippen molar-refractivity contribution in [3.63, 3.8) is 0 Å². The zero-order valence-electron chi connectivity index (χ0n) is 15.2. The molecular weight excluding hydrogens is 372 g/mol. The first-order chi connectivity index (χ1) is 12.7. The van der Waals surface area contributed by atoms with Crippen LogP contribution in [0, 0.1) is 0 Å². The van der Waals surface area contributed by atoms with Crippen LogP contribution in [0.4, 0.5) is 0 Å². The number of aromatic hydroxyl groups is 2. The number of thiol groups is 1. The number of benzene rings is 1. The maximum absolute atomic E-state index is 12.5. The van der Waals surface area contributed by atoms with Crippen molar-refractivity contribution in [2.45, 2.75) is 69.0 Å². The van der Waals surface area contributed by atoms with Gasteiger partial charge in [0.25, 0.3) is 0 Å². The molecule has 0 aromatic heterocycles. The van der Waals surface area contributed by atoms with E-state index >= 15 is 0 Å². The quantitative estimate of drug-likeness (QED) is 0.333. The Kier molecular flexibility index (Phi) is 7.52. The summed E-state index contributed by atoms with van der Waals surface area (Å²) in [6.45, 7) is 1.64. The number of aryl methyl sites for hydroxylation is 1. The molecule has 0 spiro atoms. The number of Topliss-reactive ketones (excluding diaryl/α,β-unsaturated/α-hetero) is 1. The Labute approximate surface area is 163 Å². The summed E-state index contributed by atoms with van der Waals surface area (Å²) in [7, 11) is 0. The molecule has 4 N–H and O–H groups in total. The van der Waals surface area contributed by atoms with Crippen molar-refractivity contribution in [1.29, 1.82) is 0 Å². The highest BCUT2D eigenvalue weighted by atomic mass is 32.1. The molecule has 1 aromatic carbocycles. The van der Waals surface area contributed by atoms with Crippen LogP contribution in [0.2, 0.25) is 0 Å². The van der Waals surface area contributed by atoms with Gasteiger partial charge in [-0.05, 0) is 44.2 Å². The topological polar surface area (TPSA) is 124 Å². The Bertz CT molecular complexity index is 691. The van der Waals surface area contributed by atoms with Crippen LogP contribution >= 0.6 is 12.6 Å². The van der Waals surface area contributed by atoms with Crippen molar-refractivity contribution < 1.29 is 34.8 Å². The third-order valence-electron chi connectivity index (χ3n) is 4.63. The molecule has 0 fully saturated rings. The molecule has 0 saturated carbocycles. The fourth-order valence-corrected chi connectivity index (χ4v) is 3.73. The maximum atomic E-state index is 12.5. The summed E-state index contributed by atoms with van der Waals surface area (Å²) < 4.78 is 5.37. The molecule has 1 aliphatic rings. The second kappa shape index (κ2) is 9.43. The molecule has 4 atom stereocenters. The molecule has 1 aromatic rings. The van der Waals surface area contributed by atoms with E-state index < -0.39 is 35.3 Å². The molecule has 0 radical (unpaired) electrons. The van der Waals surface area contributed by atoms with Gasteiger partial charge < -0.3 is 25.2 Å². The Morgan fingerprint density at radius 3 is 2.56 bits per heavy atom. The highest BCUT2D eigenvalue weighted by Crippen LogP contribution is 2.30. The van der Waals surface area contributed by atoms with E-state index in [0.29, 0.717) is 24.8 Å². The average molecular weight is 398 g/mol. The average Bonchev–Trinajstić information content (AvgIpc) is 2.55. The van der Waals surface area contributed by atoms with Crippen LogP contribution in [0.1, 0.15) is 54.9 Å². The Morgan fingerprint density at radius 2 is 1.85 bits per heavy atom. The maximum Gasteiger partial charge on any atom is 0.342 e. The monoisotopic (exact) mass is 398 g/mol. The Morgan fingerprint density at radius 1 is 1.15 bits per heavy atom. The normalized spacial score (nSPS) is 28.6. The second-order valence-corrected chi connectivity index (χ2v) is 7.76. The number of ether oxygens (including phenoxy) is 1. The lowest BCUT2D eigenvalue weighted by molar-refractivity contribution is -0.133. The van der Waals surface area contributed by atoms with E-state index in [0.717, 1.165) is 6.07 Å². The van der Waals surface area contributed by atoms with Crippen molar-refractivity contribution in [3.05, 3.63) is 23.3 Å². The van der Waals surface area contributed by atoms with Gasteiger partial charge in [-0.3, -0.25) is 4.79 Å². The third-order valence-corrected chi connectivity index (χ3v) is 5.02. The number of esters is 1. The molecule has 0 amide bonds. The van der Waals surface area contributed by atoms with Crippen molar-refractivity contribution in [2.24, 2.45) is 0 Å². The lowest BCUT2D eigenvalue weighted by Gasteiger charge is -2.20. The van der Waals surface area contributed by atoms with Gasteiger partial charge in [-0.2, -0.15) is 12.6 Å². The summed E-state index contributed by atoms with van der Waals surface area (Å²) in [4.78, 5) is 24.6. The van der Waals surface area contributed by atoms with Gasteiger partial charge >= 0.3 is 5.97 Å². The van der Waals surface area contributed by atoms with Gasteiger partial charge in [0.05, 0.1) is 6.10 Å². The summed E-state index contributed by atoms with van der Waals surface area (Å²) in [6.07, 6.45) is -1.45. The number of hydrogen-bond donors (Lipinski definition) is 5. The number of phenols is 2. The van der Waals surface area contributed by atoms with Gasteiger partial charge in [-0.25, -0.2) is 4.79 Å². The number of phenolic OH excluding ortho intramolecular Hbond substituents is 2. The minimum absolute atomic E-state index is 0.00176. The van der Waals surface area contributed by atoms with Crippen LogP contribution < -0.4 is 0 Å². The first-order valence-electron chi connectivity index (χ1n) is 9.01. The van der Waals surface area contributed by atoms with Crippen molar-refractivity contribution in [2.75, 3.05) is 0 Å². The van der Waals surface area contributed by atoms with Gasteiger partial charge in [-0.15, -0.1) is 0 Å². The van der Waals surface area contributed by atoms with Crippen LogP contribution in [0.15, 0.2) is 12.1 Å². The van der Waals surface area contributed by atoms with Crippen molar-refractivity contribution in [1.82, 2.24) is 0 Å². The van der Waals surface area contributed by atoms with Crippen LogP contribution in [-0.4, -0.2) is 55.7 Å². The van der Waals surface area contributed by atoms with Crippen LogP contribution in [0.3, 0.4) is 0 Å². The molecule has 7 nitrogen and oxygen atoms in total. The number of carbonyl (C=O) groups is 2. The SMILES string of the molecule is C[C@H]1C[C@@H](S)CC(=O)[C@@H](O)[C@@H](O)CCCCc2cc(O)cc(O)c2C(=O)O1. The number of ketones is 1. The minimum atomic E-state index is -1.47. The van der Waals surface area contributed by atoms with Crippen molar-refractivity contribution >= 4 is 24.4 Å². The lowest BCUT2D eigenvalue weighted by atomic mass is 9.97. The number of fused-ring (bicyclic) bond motifs is 1. The zero-order valence-corrected chi connectivity index (χ0v) is 16.1. The molecule has 2 rings (SSSR count). The molecule has 0 unspecified atom stereocenters. The lowest BCUT2D eigenvalue weighted by Crippen LogP contribution is -2.35. The number of carbonyl (C=O) groups excluding carboxylic acids is 2. The molecule has 8 heteroatoms. The van der Waals surface area contributed by atoms with E-state index in [1.54, 1.807) is 6.92 Å². The molecule has 0 aliphatic carbocycles. The van der Waals surface area contributed by atoms with E-state index in [1.807, 2.05) is 0 Å². The number of hydrogen-bond acceptors (Lipinski definition) is 8. The van der Waals surface area contributed by atoms with Gasteiger partial charge in [-0.1, -0.05) is 6.42 Å². The standard InChI is InChI=1S/C19H26O7S/c1-10-6-13(27)9-16(23)18(24)14(21)5-3-2-4-11-7-12(20)8-15(22)17(11)19(25)26-10/h7-8,10,13-14,18,20-22,24,27H,2-6,9H2,1H3/t10-,13+,14-,18-/m0/s1. The molecule has 27 heavy (non-hydrogen) atoms. The summed E-state index contributed by atoms with van der Waals surface area (Å²) in [6, 6.07) is 2.48. The number of cyclic esters (lactones) is 1. The van der Waals surface area contributed by atoms with E-state index in [4.69, 9.17) is 4.74 Å². The van der Waals surface area contributed by atoms with E-state index in [2.05, 4.69) is 12.6 Å². The molecule has 150 valence electrons. The van der Waals surface area contributed by atoms with Gasteiger partial charge in [0, 0.05) is 17.7 Å². The zero-order chi connectivity index (χ0) is 20.1. The summed E-state index contributed by atoms with van der Waals surface area (Å²) in [5, 5.41) is 39.4. The minimum Gasteiger partial charge on any atom is -0.508 e. The van der Waals surface area contributed by atoms with Crippen molar-refractivity contribution in [3.8, 4) is 11.5 Å². The van der Waals surface area contributed by atoms with Crippen LogP contribution in [0.5, 0.6) is 11.5 Å². The Balaban J connectivity index is 2.28. The largest absolute Gasteiger partial charge is 0.508 e. The second-order valence-electron chi connectivity index (χ2n) is 7.03. The third kappa shape index (κ3) is 5.85. The molecule has 0 bridgehead atoms. The molecule has 1 aliphatic heterocycles. The smallest absolute Gasteiger partial charge is 0.342 e. The number of aliphatic hydroxyl groups excluding tert-OH is 2. The first-order valence-corrected chi connectivity index (χ1v) is 9.53. The molecule has 0 saturated heterocycles. The van der Waals surface area contributed by atoms with Gasteiger partial charge in [0.1, 0.15) is 29.3 Å².